The molecule has 0 radical (unpaired) electrons. The Morgan fingerprint density at radius 2 is 2.03 bits per heavy atom. The van der Waals surface area contributed by atoms with Crippen LogP contribution in [0.15, 0.2) is 51.6 Å². The molecule has 4 rings (SSSR count). The van der Waals surface area contributed by atoms with E-state index in [4.69, 9.17) is 16.3 Å². The highest BCUT2D eigenvalue weighted by Crippen LogP contribution is 2.45. The molecule has 0 saturated heterocycles. The van der Waals surface area contributed by atoms with Crippen molar-refractivity contribution in [1.29, 1.82) is 0 Å². The monoisotopic (exact) mass is 445 g/mol. The standard InChI is InChI=1S/C22H24ClN3O3S/c1-3-29-21(28)19-13(2)25-22-26(20(19)15-6-8-16(23)9-7-15)17(12-30-22)10-18(27)24-11-14-4-5-14/h6-9,12,14,20H,3-5,10-11H2,1-2H3,(H,24,27)/t20-/m1/s1. The van der Waals surface area contributed by atoms with E-state index in [0.29, 0.717) is 22.2 Å². The number of nitrogens with zero attached hydrogens (tertiary/aromatic N) is 2. The molecule has 1 atom stereocenters. The third kappa shape index (κ3) is 4.42. The van der Waals surface area contributed by atoms with Crippen LogP contribution in [0.5, 0.6) is 0 Å². The molecule has 3 aliphatic rings. The summed E-state index contributed by atoms with van der Waals surface area (Å²) in [5, 5.41) is 6.33. The van der Waals surface area contributed by atoms with E-state index in [1.807, 2.05) is 29.4 Å². The second kappa shape index (κ2) is 8.86. The number of carbonyl (C=O) groups excluding carboxylic acids is 2. The molecule has 1 amide bonds. The van der Waals surface area contributed by atoms with Crippen LogP contribution in [0.1, 0.15) is 44.7 Å². The Morgan fingerprint density at radius 3 is 2.70 bits per heavy atom. The summed E-state index contributed by atoms with van der Waals surface area (Å²) in [5.74, 6) is 0.205. The number of hydrogen-bond acceptors (Lipinski definition) is 6. The van der Waals surface area contributed by atoms with Crippen LogP contribution in [-0.2, 0) is 14.3 Å². The van der Waals surface area contributed by atoms with Crippen molar-refractivity contribution < 1.29 is 14.3 Å². The van der Waals surface area contributed by atoms with Gasteiger partial charge < -0.3 is 15.0 Å². The molecule has 0 bridgehead atoms. The molecule has 1 aromatic rings. The molecule has 2 heterocycles. The van der Waals surface area contributed by atoms with Gasteiger partial charge in [0.05, 0.1) is 30.3 Å². The number of thioether (sulfide) groups is 1. The van der Waals surface area contributed by atoms with Gasteiger partial charge in [0.1, 0.15) is 0 Å². The molecule has 6 nitrogen and oxygen atoms in total. The van der Waals surface area contributed by atoms with Gasteiger partial charge in [0, 0.05) is 17.3 Å². The SMILES string of the molecule is CCOC(=O)C1=C(C)N=C2SC=C(CC(=O)NCC3CC3)N2[C@@H]1c1ccc(Cl)cc1. The molecule has 30 heavy (non-hydrogen) atoms. The summed E-state index contributed by atoms with van der Waals surface area (Å²) in [6, 6.07) is 6.98. The zero-order chi connectivity index (χ0) is 21.3. The van der Waals surface area contributed by atoms with Gasteiger partial charge in [-0.25, -0.2) is 9.79 Å². The van der Waals surface area contributed by atoms with E-state index in [1.165, 1.54) is 24.6 Å². The van der Waals surface area contributed by atoms with E-state index in [2.05, 4.69) is 10.3 Å². The predicted octanol–water partition coefficient (Wildman–Crippen LogP) is 4.39. The van der Waals surface area contributed by atoms with Crippen LogP contribution >= 0.6 is 23.4 Å². The first-order valence-corrected chi connectivity index (χ1v) is 11.4. The largest absolute Gasteiger partial charge is 0.463 e. The maximum absolute atomic E-state index is 12.9. The van der Waals surface area contributed by atoms with Gasteiger partial charge in [-0.15, -0.1) is 0 Å². The predicted molar refractivity (Wildman–Crippen MR) is 119 cm³/mol. The lowest BCUT2D eigenvalue weighted by Crippen LogP contribution is -2.38. The molecule has 0 unspecified atom stereocenters. The zero-order valence-corrected chi connectivity index (χ0v) is 18.6. The average Bonchev–Trinajstić information content (AvgIpc) is 3.47. The number of benzene rings is 1. The van der Waals surface area contributed by atoms with E-state index in [0.717, 1.165) is 23.0 Å². The number of fused-ring (bicyclic) bond motifs is 1. The highest BCUT2D eigenvalue weighted by Gasteiger charge is 2.41. The molecule has 158 valence electrons. The summed E-state index contributed by atoms with van der Waals surface area (Å²) in [7, 11) is 0. The molecule has 0 spiro atoms. The number of esters is 1. The number of rotatable bonds is 7. The number of halogens is 1. The van der Waals surface area contributed by atoms with Crippen LogP contribution in [0.3, 0.4) is 0 Å². The van der Waals surface area contributed by atoms with Gasteiger partial charge in [0.25, 0.3) is 0 Å². The van der Waals surface area contributed by atoms with Crippen LogP contribution < -0.4 is 5.32 Å². The Morgan fingerprint density at radius 1 is 1.30 bits per heavy atom. The maximum Gasteiger partial charge on any atom is 0.338 e. The van der Waals surface area contributed by atoms with Gasteiger partial charge in [-0.1, -0.05) is 35.5 Å². The number of amidine groups is 1. The van der Waals surface area contributed by atoms with Crippen LogP contribution in [0.4, 0.5) is 0 Å². The summed E-state index contributed by atoms with van der Waals surface area (Å²) >= 11 is 7.56. The first-order valence-electron chi connectivity index (χ1n) is 10.1. The summed E-state index contributed by atoms with van der Waals surface area (Å²) in [5.41, 5.74) is 2.82. The maximum atomic E-state index is 12.9. The number of aliphatic imine (C=N–C) groups is 1. The Balaban J connectivity index is 1.65. The van der Waals surface area contributed by atoms with E-state index in [9.17, 15) is 9.59 Å². The lowest BCUT2D eigenvalue weighted by atomic mass is 9.94. The number of carbonyl (C=O) groups is 2. The topological polar surface area (TPSA) is 71.0 Å². The van der Waals surface area contributed by atoms with Gasteiger partial charge in [0.15, 0.2) is 5.17 Å². The lowest BCUT2D eigenvalue weighted by molar-refractivity contribution is -0.139. The Hall–Kier alpha value is -2.25. The number of nitrogens with one attached hydrogen (secondary N) is 1. The lowest BCUT2D eigenvalue weighted by Gasteiger charge is -2.36. The van der Waals surface area contributed by atoms with E-state index < -0.39 is 12.0 Å². The van der Waals surface area contributed by atoms with Crippen molar-refractivity contribution in [3.63, 3.8) is 0 Å². The third-order valence-electron chi connectivity index (χ3n) is 5.31. The zero-order valence-electron chi connectivity index (χ0n) is 17.0. The number of hydrogen-bond donors (Lipinski definition) is 1. The van der Waals surface area contributed by atoms with Gasteiger partial charge in [-0.3, -0.25) is 4.79 Å². The summed E-state index contributed by atoms with van der Waals surface area (Å²) < 4.78 is 5.34. The number of ether oxygens (including phenoxy) is 1. The molecule has 1 aromatic carbocycles. The molecular weight excluding hydrogens is 422 g/mol. The first-order chi connectivity index (χ1) is 14.5. The molecule has 0 aromatic heterocycles. The highest BCUT2D eigenvalue weighted by molar-refractivity contribution is 8.16. The van der Waals surface area contributed by atoms with Crippen molar-refractivity contribution in [3.05, 3.63) is 57.2 Å². The van der Waals surface area contributed by atoms with Crippen LogP contribution in [0.2, 0.25) is 5.02 Å². The first kappa shape index (κ1) is 21.0. The van der Waals surface area contributed by atoms with Crippen LogP contribution in [-0.4, -0.2) is 35.1 Å². The minimum absolute atomic E-state index is 0.0196. The highest BCUT2D eigenvalue weighted by atomic mass is 35.5. The van der Waals surface area contributed by atoms with Gasteiger partial charge in [0.2, 0.25) is 5.91 Å². The van der Waals surface area contributed by atoms with Gasteiger partial charge in [-0.2, -0.15) is 0 Å². The Kier molecular flexibility index (Phi) is 6.20. The van der Waals surface area contributed by atoms with Crippen LogP contribution in [0.25, 0.3) is 0 Å². The molecule has 1 N–H and O–H groups in total. The summed E-state index contributed by atoms with van der Waals surface area (Å²) in [4.78, 5) is 32.0. The van der Waals surface area contributed by atoms with E-state index in [1.54, 1.807) is 19.1 Å². The third-order valence-corrected chi connectivity index (χ3v) is 6.45. The van der Waals surface area contributed by atoms with E-state index >= 15 is 0 Å². The number of amides is 1. The van der Waals surface area contributed by atoms with Crippen molar-refractivity contribution in [1.82, 2.24) is 10.2 Å². The molecule has 1 fully saturated rings. The molecule has 2 aliphatic heterocycles. The average molecular weight is 446 g/mol. The summed E-state index contributed by atoms with van der Waals surface area (Å²) in [6.45, 7) is 4.61. The molecule has 1 saturated carbocycles. The van der Waals surface area contributed by atoms with Gasteiger partial charge >= 0.3 is 5.97 Å². The quantitative estimate of drug-likeness (QED) is 0.630. The Bertz CT molecular complexity index is 951. The van der Waals surface area contributed by atoms with Crippen molar-refractivity contribution >= 4 is 40.4 Å². The van der Waals surface area contributed by atoms with Crippen LogP contribution in [0, 0.1) is 5.92 Å². The minimum atomic E-state index is -0.425. The second-order valence-electron chi connectivity index (χ2n) is 7.59. The fourth-order valence-electron chi connectivity index (χ4n) is 3.61. The fourth-order valence-corrected chi connectivity index (χ4v) is 4.70. The van der Waals surface area contributed by atoms with Crippen molar-refractivity contribution in [3.8, 4) is 0 Å². The second-order valence-corrected chi connectivity index (χ2v) is 8.86. The van der Waals surface area contributed by atoms with Gasteiger partial charge in [-0.05, 0) is 55.7 Å². The van der Waals surface area contributed by atoms with Crippen molar-refractivity contribution in [2.75, 3.05) is 13.2 Å². The smallest absolute Gasteiger partial charge is 0.338 e. The minimum Gasteiger partial charge on any atom is -0.463 e. The Labute approximate surface area is 185 Å². The molecule has 1 aliphatic carbocycles. The van der Waals surface area contributed by atoms with Crippen molar-refractivity contribution in [2.45, 2.75) is 39.2 Å². The van der Waals surface area contributed by atoms with E-state index in [-0.39, 0.29) is 18.9 Å². The normalized spacial score (nSPS) is 20.5. The molecule has 8 heteroatoms. The summed E-state index contributed by atoms with van der Waals surface area (Å²) in [6.07, 6.45) is 2.61. The molecular formula is C22H24ClN3O3S. The van der Waals surface area contributed by atoms with Crippen molar-refractivity contribution in [2.24, 2.45) is 10.9 Å². The number of allylic oxidation sites excluding steroid dienone is 1. The fraction of sp³-hybridized carbons (Fsp3) is 0.409.